The number of benzene rings is 4. The first-order valence-corrected chi connectivity index (χ1v) is 18.9. The highest BCUT2D eigenvalue weighted by atomic mass is 127. The number of morpholine rings is 2. The molecule has 0 aliphatic carbocycles. The van der Waals surface area contributed by atoms with Crippen LogP contribution in [0.1, 0.15) is 13.8 Å². The van der Waals surface area contributed by atoms with Crippen molar-refractivity contribution in [3.05, 3.63) is 127 Å². The molecule has 0 unspecified atom stereocenters. The predicted octanol–water partition coefficient (Wildman–Crippen LogP) is 7.65. The molecular formula is C42H43IN4O4. The Bertz CT molecular complexity index is 2270. The highest BCUT2D eigenvalue weighted by Crippen LogP contribution is 2.36. The summed E-state index contributed by atoms with van der Waals surface area (Å²) < 4.78 is 15.8. The summed E-state index contributed by atoms with van der Waals surface area (Å²) in [5, 5.41) is 2.27. The van der Waals surface area contributed by atoms with E-state index in [1.54, 1.807) is 12.1 Å². The van der Waals surface area contributed by atoms with Crippen LogP contribution in [-0.2, 0) is 22.6 Å². The standard InChI is InChI=1S/C27H26N2O2.C15H17IN2O2/c1-2-29-25-13-12-21(23-11-7-6-10-22(23)20-8-4-3-5-9-20)18-24(25)26(19-27(29)30)28-14-16-31-17-15-28;1-2-18-13-4-3-11(16)9-12(13)14(10-15(18)19)17-5-7-20-8-6-17/h3-13,18-19H,2,14-17H2,1H3;3-4,9-10H,2,5-8H2,1H3. The van der Waals surface area contributed by atoms with Gasteiger partial charge in [0.05, 0.1) is 48.8 Å². The summed E-state index contributed by atoms with van der Waals surface area (Å²) in [6, 6.07) is 35.3. The molecule has 0 N–H and O–H groups in total. The molecule has 4 aromatic carbocycles. The minimum Gasteiger partial charge on any atom is -0.378 e. The molecule has 2 aliphatic heterocycles. The highest BCUT2D eigenvalue weighted by molar-refractivity contribution is 14.1. The smallest absolute Gasteiger partial charge is 0.253 e. The van der Waals surface area contributed by atoms with Crippen LogP contribution in [0, 0.1) is 3.57 Å². The fourth-order valence-electron chi connectivity index (χ4n) is 7.26. The van der Waals surface area contributed by atoms with Crippen molar-refractivity contribution in [3.8, 4) is 22.3 Å². The fraction of sp³-hybridized carbons (Fsp3) is 0.286. The molecule has 8 nitrogen and oxygen atoms in total. The minimum absolute atomic E-state index is 0.0499. The second-order valence-electron chi connectivity index (χ2n) is 12.7. The summed E-state index contributed by atoms with van der Waals surface area (Å²) >= 11 is 2.32. The zero-order valence-corrected chi connectivity index (χ0v) is 31.3. The zero-order valence-electron chi connectivity index (χ0n) is 29.2. The third-order valence-electron chi connectivity index (χ3n) is 9.80. The van der Waals surface area contributed by atoms with E-state index in [9.17, 15) is 9.59 Å². The first-order valence-electron chi connectivity index (χ1n) is 17.8. The maximum atomic E-state index is 12.8. The second kappa shape index (κ2) is 15.8. The fourth-order valence-corrected chi connectivity index (χ4v) is 7.76. The molecule has 4 heterocycles. The van der Waals surface area contributed by atoms with E-state index in [2.05, 4.69) is 111 Å². The van der Waals surface area contributed by atoms with Crippen LogP contribution in [0.3, 0.4) is 0 Å². The molecule has 0 bridgehead atoms. The summed E-state index contributed by atoms with van der Waals surface area (Å²) in [6.45, 7) is 11.5. The Hall–Kier alpha value is -4.45. The summed E-state index contributed by atoms with van der Waals surface area (Å²) in [5.74, 6) is 0. The van der Waals surface area contributed by atoms with Gasteiger partial charge in [-0.15, -0.1) is 0 Å². The van der Waals surface area contributed by atoms with Gasteiger partial charge < -0.3 is 28.4 Å². The molecule has 0 saturated carbocycles. The summed E-state index contributed by atoms with van der Waals surface area (Å²) in [6.07, 6.45) is 0. The number of pyridine rings is 2. The van der Waals surface area contributed by atoms with Crippen molar-refractivity contribution < 1.29 is 9.47 Å². The van der Waals surface area contributed by atoms with Crippen molar-refractivity contribution in [1.29, 1.82) is 0 Å². The van der Waals surface area contributed by atoms with Crippen molar-refractivity contribution in [3.63, 3.8) is 0 Å². The number of anilines is 2. The van der Waals surface area contributed by atoms with E-state index in [1.807, 2.05) is 35.1 Å². The second-order valence-corrected chi connectivity index (χ2v) is 14.0. The van der Waals surface area contributed by atoms with Gasteiger partial charge in [-0.1, -0.05) is 60.7 Å². The molecule has 0 spiro atoms. The van der Waals surface area contributed by atoms with E-state index in [1.165, 1.54) is 20.3 Å². The summed E-state index contributed by atoms with van der Waals surface area (Å²) in [7, 11) is 0. The van der Waals surface area contributed by atoms with Crippen LogP contribution in [0.15, 0.2) is 113 Å². The van der Waals surface area contributed by atoms with Gasteiger partial charge in [0, 0.05) is 65.7 Å². The molecule has 2 aliphatic rings. The van der Waals surface area contributed by atoms with Crippen LogP contribution >= 0.6 is 22.6 Å². The van der Waals surface area contributed by atoms with E-state index in [0.29, 0.717) is 26.3 Å². The predicted molar refractivity (Wildman–Crippen MR) is 217 cm³/mol. The Balaban J connectivity index is 0.000000175. The molecule has 2 aromatic heterocycles. The average Bonchev–Trinajstić information content (AvgIpc) is 3.18. The van der Waals surface area contributed by atoms with Crippen LogP contribution in [0.25, 0.3) is 44.1 Å². The number of hydrogen-bond acceptors (Lipinski definition) is 6. The number of aryl methyl sites for hydroxylation is 2. The summed E-state index contributed by atoms with van der Waals surface area (Å²) in [5.41, 5.74) is 8.92. The van der Waals surface area contributed by atoms with Crippen LogP contribution in [0.4, 0.5) is 11.4 Å². The number of hydrogen-bond donors (Lipinski definition) is 0. The van der Waals surface area contributed by atoms with Gasteiger partial charge in [0.25, 0.3) is 11.1 Å². The number of fused-ring (bicyclic) bond motifs is 2. The zero-order chi connectivity index (χ0) is 35.3. The minimum atomic E-state index is 0.0499. The maximum absolute atomic E-state index is 12.8. The van der Waals surface area contributed by atoms with Gasteiger partial charge in [0.15, 0.2) is 0 Å². The molecule has 6 aromatic rings. The lowest BCUT2D eigenvalue weighted by Gasteiger charge is -2.30. The van der Waals surface area contributed by atoms with Crippen molar-refractivity contribution in [1.82, 2.24) is 9.13 Å². The lowest BCUT2D eigenvalue weighted by atomic mass is 9.93. The topological polar surface area (TPSA) is 68.9 Å². The Kier molecular flexibility index (Phi) is 10.9. The number of rotatable bonds is 6. The van der Waals surface area contributed by atoms with Crippen LogP contribution in [0.5, 0.6) is 0 Å². The molecule has 0 radical (unpaired) electrons. The monoisotopic (exact) mass is 794 g/mol. The number of ether oxygens (including phenoxy) is 2. The first-order chi connectivity index (χ1) is 25.0. The normalized spacial score (nSPS) is 14.8. The molecule has 2 saturated heterocycles. The molecule has 262 valence electrons. The van der Waals surface area contributed by atoms with E-state index in [0.717, 1.165) is 78.1 Å². The SMILES string of the molecule is CCn1c(=O)cc(N2CCOCC2)c2cc(-c3ccccc3-c3ccccc3)ccc21.CCn1c(=O)cc(N2CCOCC2)c2cc(I)ccc21. The Morgan fingerprint density at radius 3 is 1.55 bits per heavy atom. The third kappa shape index (κ3) is 7.33. The number of halogens is 1. The van der Waals surface area contributed by atoms with Crippen LogP contribution < -0.4 is 20.9 Å². The molecule has 2 fully saturated rings. The first kappa shape index (κ1) is 35.0. The summed E-state index contributed by atoms with van der Waals surface area (Å²) in [4.78, 5) is 29.7. The molecule has 0 atom stereocenters. The number of aromatic nitrogens is 2. The largest absolute Gasteiger partial charge is 0.378 e. The van der Waals surface area contributed by atoms with Gasteiger partial charge in [-0.05, 0) is 89.0 Å². The molecule has 9 heteroatoms. The van der Waals surface area contributed by atoms with E-state index in [4.69, 9.17) is 9.47 Å². The Morgan fingerprint density at radius 2 is 1.02 bits per heavy atom. The lowest BCUT2D eigenvalue weighted by Crippen LogP contribution is -2.37. The number of nitrogens with zero attached hydrogens (tertiary/aromatic N) is 4. The highest BCUT2D eigenvalue weighted by Gasteiger charge is 2.19. The third-order valence-corrected chi connectivity index (χ3v) is 10.5. The molecule has 51 heavy (non-hydrogen) atoms. The average molecular weight is 795 g/mol. The molecular weight excluding hydrogens is 751 g/mol. The van der Waals surface area contributed by atoms with Crippen LogP contribution in [0.2, 0.25) is 0 Å². The Morgan fingerprint density at radius 1 is 0.549 bits per heavy atom. The molecule has 8 rings (SSSR count). The van der Waals surface area contributed by atoms with E-state index in [-0.39, 0.29) is 11.1 Å². The van der Waals surface area contributed by atoms with Gasteiger partial charge >= 0.3 is 0 Å². The lowest BCUT2D eigenvalue weighted by molar-refractivity contribution is 0.122. The van der Waals surface area contributed by atoms with Gasteiger partial charge in [0.2, 0.25) is 0 Å². The van der Waals surface area contributed by atoms with Crippen molar-refractivity contribution in [2.75, 3.05) is 62.4 Å². The maximum Gasteiger partial charge on any atom is 0.253 e. The van der Waals surface area contributed by atoms with Crippen LogP contribution in [-0.4, -0.2) is 61.7 Å². The molecule has 0 amide bonds. The van der Waals surface area contributed by atoms with Crippen molar-refractivity contribution in [2.24, 2.45) is 0 Å². The van der Waals surface area contributed by atoms with Gasteiger partial charge in [0.1, 0.15) is 0 Å². The van der Waals surface area contributed by atoms with Gasteiger partial charge in [-0.3, -0.25) is 9.59 Å². The Labute approximate surface area is 312 Å². The van der Waals surface area contributed by atoms with Crippen molar-refractivity contribution >= 4 is 55.8 Å². The van der Waals surface area contributed by atoms with Gasteiger partial charge in [-0.2, -0.15) is 0 Å². The van der Waals surface area contributed by atoms with E-state index < -0.39 is 0 Å². The van der Waals surface area contributed by atoms with E-state index >= 15 is 0 Å². The van der Waals surface area contributed by atoms with Gasteiger partial charge in [-0.25, -0.2) is 0 Å². The van der Waals surface area contributed by atoms with Crippen molar-refractivity contribution in [2.45, 2.75) is 26.9 Å². The quantitative estimate of drug-likeness (QED) is 0.162.